The number of rotatable bonds is 16. The summed E-state index contributed by atoms with van der Waals surface area (Å²) in [6.07, 6.45) is 28.8. The summed E-state index contributed by atoms with van der Waals surface area (Å²) in [4.78, 5) is 40.1. The summed E-state index contributed by atoms with van der Waals surface area (Å²) in [5.74, 6) is 4.84. The monoisotopic (exact) mass is 1780 g/mol. The predicted molar refractivity (Wildman–Crippen MR) is 574 cm³/mol. The third-order valence-electron chi connectivity index (χ3n) is 31.2. The fourth-order valence-electron chi connectivity index (χ4n) is 24.2. The van der Waals surface area contributed by atoms with E-state index in [9.17, 15) is 0 Å². The lowest BCUT2D eigenvalue weighted by Gasteiger charge is -2.45. The summed E-state index contributed by atoms with van der Waals surface area (Å²) in [5.41, 5.74) is 41.4. The zero-order valence-corrected chi connectivity index (χ0v) is 78.0. The fourth-order valence-corrected chi connectivity index (χ4v) is 24.2. The van der Waals surface area contributed by atoms with Crippen molar-refractivity contribution in [1.29, 1.82) is 0 Å². The van der Waals surface area contributed by atoms with Crippen LogP contribution >= 0.6 is 0 Å². The van der Waals surface area contributed by atoms with Crippen molar-refractivity contribution >= 4 is 114 Å². The molecular formula is C126H108B2N10. The van der Waals surface area contributed by atoms with Crippen LogP contribution in [-0.4, -0.2) is 43.3 Å². The molecule has 0 atom stereocenters. The van der Waals surface area contributed by atoms with Crippen LogP contribution in [0.3, 0.4) is 0 Å². The van der Waals surface area contributed by atoms with Crippen LogP contribution in [0.15, 0.2) is 389 Å². The third kappa shape index (κ3) is 16.1. The van der Waals surface area contributed by atoms with Crippen LogP contribution in [0.1, 0.15) is 174 Å². The van der Waals surface area contributed by atoms with Gasteiger partial charge in [0, 0.05) is 90.5 Å². The van der Waals surface area contributed by atoms with Crippen LogP contribution in [0.2, 0.25) is 0 Å². The van der Waals surface area contributed by atoms with Gasteiger partial charge in [0.25, 0.3) is 13.4 Å². The summed E-state index contributed by atoms with van der Waals surface area (Å²) in [7, 11) is 0. The largest absolute Gasteiger partial charge is 0.311 e. The lowest BCUT2D eigenvalue weighted by atomic mass is 9.33. The van der Waals surface area contributed by atoms with Crippen LogP contribution in [0, 0.1) is 0 Å². The Balaban J connectivity index is 0.000000149. The molecule has 6 heterocycles. The molecule has 26 rings (SSSR count). The average Bonchev–Trinajstić information content (AvgIpc) is 0.694. The molecule has 12 heteroatoms. The molecule has 4 saturated carbocycles. The lowest BCUT2D eigenvalue weighted by molar-refractivity contribution is 0.443. The Hall–Kier alpha value is -15.1. The summed E-state index contributed by atoms with van der Waals surface area (Å²) >= 11 is 0. The normalized spacial score (nSPS) is 15.6. The van der Waals surface area contributed by atoms with Crippen molar-refractivity contribution in [1.82, 2.24) is 29.9 Å². The van der Waals surface area contributed by atoms with Gasteiger partial charge in [0.05, 0.1) is 0 Å². The second-order valence-electron chi connectivity index (χ2n) is 39.3. The zero-order chi connectivity index (χ0) is 91.4. The molecule has 0 unspecified atom stereocenters. The minimum Gasteiger partial charge on any atom is -0.311 e. The summed E-state index contributed by atoms with van der Waals surface area (Å²) in [5, 5.41) is 0. The molecule has 4 fully saturated rings. The molecule has 0 spiro atoms. The topological polar surface area (TPSA) is 90.3 Å². The van der Waals surface area contributed by atoms with Crippen molar-refractivity contribution < 1.29 is 0 Å². The maximum absolute atomic E-state index is 5.43. The van der Waals surface area contributed by atoms with E-state index in [1.807, 2.05) is 12.1 Å². The molecule has 18 aromatic rings. The van der Waals surface area contributed by atoms with E-state index >= 15 is 0 Å². The maximum atomic E-state index is 5.43. The van der Waals surface area contributed by atoms with Gasteiger partial charge < -0.3 is 19.6 Å². The zero-order valence-electron chi connectivity index (χ0n) is 78.0. The van der Waals surface area contributed by atoms with Gasteiger partial charge in [-0.05, 0) is 272 Å². The fraction of sp³-hybridized carbons (Fsp3) is 0.190. The molecule has 2 aromatic heterocycles. The van der Waals surface area contributed by atoms with E-state index in [1.54, 1.807) is 12.7 Å². The Morgan fingerprint density at radius 1 is 0.188 bits per heavy atom. The van der Waals surface area contributed by atoms with Crippen molar-refractivity contribution in [2.24, 2.45) is 0 Å². The molecule has 0 bridgehead atoms. The first-order valence-electron chi connectivity index (χ1n) is 50.7. The Kier molecular flexibility index (Phi) is 22.8. The van der Waals surface area contributed by atoms with Gasteiger partial charge in [-0.1, -0.05) is 356 Å². The molecule has 16 aromatic carbocycles. The van der Waals surface area contributed by atoms with E-state index in [-0.39, 0.29) is 13.4 Å². The van der Waals surface area contributed by atoms with Gasteiger partial charge in [0.2, 0.25) is 0 Å². The number of aromatic nitrogens is 6. The van der Waals surface area contributed by atoms with Crippen LogP contribution in [-0.2, 0) is 0 Å². The van der Waals surface area contributed by atoms with Gasteiger partial charge in [0.1, 0.15) is 12.7 Å². The molecule has 138 heavy (non-hydrogen) atoms. The molecule has 10 nitrogen and oxygen atoms in total. The number of benzene rings is 16. The second-order valence-corrected chi connectivity index (χ2v) is 39.3. The molecule has 668 valence electrons. The van der Waals surface area contributed by atoms with Gasteiger partial charge in [-0.3, -0.25) is 0 Å². The maximum Gasteiger partial charge on any atom is 0.252 e. The minimum atomic E-state index is -0.0207. The highest BCUT2D eigenvalue weighted by molar-refractivity contribution is 7.01. The molecule has 0 N–H and O–H groups in total. The highest BCUT2D eigenvalue weighted by Crippen LogP contribution is 2.53. The molecule has 8 aliphatic rings. The van der Waals surface area contributed by atoms with E-state index in [4.69, 9.17) is 24.9 Å². The van der Waals surface area contributed by atoms with Crippen molar-refractivity contribution in [2.45, 2.75) is 152 Å². The Labute approximate surface area is 811 Å². The number of hydrogen-bond acceptors (Lipinski definition) is 10. The molecule has 0 radical (unpaired) electrons. The van der Waals surface area contributed by atoms with Gasteiger partial charge in [-0.25, -0.2) is 29.9 Å². The number of fused-ring (bicyclic) bond motifs is 8. The van der Waals surface area contributed by atoms with E-state index in [1.165, 1.54) is 262 Å². The first-order chi connectivity index (χ1) is 68.4. The summed E-state index contributed by atoms with van der Waals surface area (Å²) in [6, 6.07) is 140. The SMILES string of the molecule is c1ccc(-c2ccc(N3c4cc(C5CCCCC5)ccc4B4c5ccc(C6CCCCC6)cc5N(c5ccc(-c6ccccc6)cc5)c5cc(-c6nc(-c7ccccc7)nc(-c7ccccc7)n6)cc3c54)cc2)cc1.c1ccc(-c2ccc(N3c4cc(C5CCCCC5)ccc4B4c5ccc(C6CCCCC6)cc5N(c5ccc(-c6ccccc6)cc5)c5cc(-c6ncncn6)cc3c54)cc2)cc1. The Morgan fingerprint density at radius 2 is 0.406 bits per heavy atom. The van der Waals surface area contributed by atoms with Gasteiger partial charge in [-0.15, -0.1) is 0 Å². The standard InChI is InChI=1S/C69H58BN5.C57H50BN5/c1-7-19-47(20-8-1)51-31-37-58(38-32-51)74-62-43-55(49-23-11-3-12-24-49)35-41-60(62)70-61-42-36-56(50-25-13-4-14-26-50)44-63(61)75(59-39-33-52(34-40-59)48-21-9-2-10-22-48)65-46-57(45-64(74)66(65)70)69-72-67(53-27-15-5-16-28-53)71-68(73-69)54-29-17-6-18-30-54;1-5-13-39(14-6-1)43-21-27-48(28-22-43)62-52-33-45(41-17-9-3-10-18-41)25-31-50(52)58-51-32-26-46(42-19-11-4-12-20-42)34-53(51)63(49-29-23-44(24-30-49)40-15-7-2-8-16-40)55-36-47(35-54(62)56(55)58)57-60-37-59-38-61-57/h1-2,5-10,15-22,27-46,49-50H,3-4,11-14,23-26H2;1-2,5-8,13-16,21-38,41-42H,3-4,9-12,17-20H2. The minimum absolute atomic E-state index is 0.0207. The van der Waals surface area contributed by atoms with Crippen molar-refractivity contribution in [2.75, 3.05) is 19.6 Å². The molecule has 0 saturated heterocycles. The van der Waals surface area contributed by atoms with Crippen molar-refractivity contribution in [3.8, 4) is 90.1 Å². The van der Waals surface area contributed by atoms with E-state index < -0.39 is 0 Å². The average molecular weight is 1780 g/mol. The highest BCUT2D eigenvalue weighted by Gasteiger charge is 2.48. The Bertz CT molecular complexity index is 7050. The van der Waals surface area contributed by atoms with Crippen LogP contribution in [0.25, 0.3) is 90.1 Å². The second kappa shape index (κ2) is 37.2. The molecular weight excluding hydrogens is 1680 g/mol. The van der Waals surface area contributed by atoms with Crippen LogP contribution in [0.5, 0.6) is 0 Å². The number of nitrogens with zero attached hydrogens (tertiary/aromatic N) is 10. The van der Waals surface area contributed by atoms with E-state index in [0.29, 0.717) is 47.0 Å². The first kappa shape index (κ1) is 84.6. The van der Waals surface area contributed by atoms with Gasteiger partial charge in [-0.2, -0.15) is 0 Å². The summed E-state index contributed by atoms with van der Waals surface area (Å²) in [6.45, 7) is 0.0144. The third-order valence-corrected chi connectivity index (χ3v) is 31.2. The highest BCUT2D eigenvalue weighted by atomic mass is 15.2. The van der Waals surface area contributed by atoms with Crippen LogP contribution < -0.4 is 52.4 Å². The predicted octanol–water partition coefficient (Wildman–Crippen LogP) is 29.4. The number of anilines is 12. The first-order valence-corrected chi connectivity index (χ1v) is 50.7. The Morgan fingerprint density at radius 3 is 0.652 bits per heavy atom. The van der Waals surface area contributed by atoms with Gasteiger partial charge in [0.15, 0.2) is 23.3 Å². The molecule has 0 amide bonds. The van der Waals surface area contributed by atoms with E-state index in [0.717, 1.165) is 56.4 Å². The quantitative estimate of drug-likeness (QED) is 0.0871. The van der Waals surface area contributed by atoms with Crippen LogP contribution in [0.4, 0.5) is 68.2 Å². The van der Waals surface area contributed by atoms with Gasteiger partial charge >= 0.3 is 0 Å². The van der Waals surface area contributed by atoms with E-state index in [2.05, 4.69) is 389 Å². The summed E-state index contributed by atoms with van der Waals surface area (Å²) < 4.78 is 0. The van der Waals surface area contributed by atoms with Crippen molar-refractivity contribution in [3.05, 3.63) is 411 Å². The lowest BCUT2D eigenvalue weighted by Crippen LogP contribution is -2.61. The molecule has 4 aliphatic heterocycles. The smallest absolute Gasteiger partial charge is 0.252 e. The molecule has 4 aliphatic carbocycles. The van der Waals surface area contributed by atoms with Crippen molar-refractivity contribution in [3.63, 3.8) is 0 Å². The number of hydrogen-bond donors (Lipinski definition) is 0.